The number of hydrogen-bond acceptors (Lipinski definition) is 6. The molecule has 21 heavy (non-hydrogen) atoms. The van der Waals surface area contributed by atoms with E-state index in [0.717, 1.165) is 0 Å². The Morgan fingerprint density at radius 3 is 2.57 bits per heavy atom. The molecule has 1 aliphatic heterocycles. The molecule has 1 saturated heterocycles. The molecule has 0 aromatic carbocycles. The van der Waals surface area contributed by atoms with Gasteiger partial charge in [0.2, 0.25) is 5.91 Å². The summed E-state index contributed by atoms with van der Waals surface area (Å²) in [5.74, 6) is -1.51. The van der Waals surface area contributed by atoms with Gasteiger partial charge in [-0.3, -0.25) is 14.6 Å². The lowest BCUT2D eigenvalue weighted by Gasteiger charge is -2.30. The van der Waals surface area contributed by atoms with E-state index >= 15 is 0 Å². The lowest BCUT2D eigenvalue weighted by Crippen LogP contribution is -2.43. The SMILES string of the molecule is NC(=O)C1CCN(C(=O)COC(=O)c2cnccn2)CC1. The van der Waals surface area contributed by atoms with Crippen LogP contribution in [0.3, 0.4) is 0 Å². The number of likely N-dealkylation sites (tertiary alicyclic amines) is 1. The molecule has 0 bridgehead atoms. The highest BCUT2D eigenvalue weighted by atomic mass is 16.5. The van der Waals surface area contributed by atoms with Gasteiger partial charge in [-0.2, -0.15) is 0 Å². The summed E-state index contributed by atoms with van der Waals surface area (Å²) in [7, 11) is 0. The van der Waals surface area contributed by atoms with Gasteiger partial charge in [0.25, 0.3) is 5.91 Å². The zero-order valence-electron chi connectivity index (χ0n) is 11.4. The predicted octanol–water partition coefficient (Wildman–Crippen LogP) is -0.643. The molecule has 0 aliphatic carbocycles. The summed E-state index contributed by atoms with van der Waals surface area (Å²) in [6.07, 6.45) is 5.15. The van der Waals surface area contributed by atoms with Gasteiger partial charge in [-0.1, -0.05) is 0 Å². The number of piperidine rings is 1. The van der Waals surface area contributed by atoms with Crippen molar-refractivity contribution >= 4 is 17.8 Å². The van der Waals surface area contributed by atoms with Crippen LogP contribution in [0.2, 0.25) is 0 Å². The van der Waals surface area contributed by atoms with Gasteiger partial charge in [-0.15, -0.1) is 0 Å². The van der Waals surface area contributed by atoms with E-state index in [2.05, 4.69) is 9.97 Å². The van der Waals surface area contributed by atoms with Crippen LogP contribution in [0.25, 0.3) is 0 Å². The molecule has 1 aromatic heterocycles. The largest absolute Gasteiger partial charge is 0.451 e. The van der Waals surface area contributed by atoms with Crippen molar-refractivity contribution in [3.05, 3.63) is 24.3 Å². The van der Waals surface area contributed by atoms with Gasteiger partial charge in [-0.05, 0) is 12.8 Å². The van der Waals surface area contributed by atoms with E-state index in [1.54, 1.807) is 4.90 Å². The van der Waals surface area contributed by atoms with Gasteiger partial charge in [0.15, 0.2) is 12.3 Å². The van der Waals surface area contributed by atoms with Crippen LogP contribution in [0.5, 0.6) is 0 Å². The van der Waals surface area contributed by atoms with Crippen LogP contribution < -0.4 is 5.73 Å². The van der Waals surface area contributed by atoms with Gasteiger partial charge in [0, 0.05) is 31.4 Å². The Bertz CT molecular complexity index is 526. The summed E-state index contributed by atoms with van der Waals surface area (Å²) in [5.41, 5.74) is 5.28. The number of carbonyl (C=O) groups is 3. The van der Waals surface area contributed by atoms with Gasteiger partial charge in [-0.25, -0.2) is 9.78 Å². The van der Waals surface area contributed by atoms with E-state index in [1.807, 2.05) is 0 Å². The van der Waals surface area contributed by atoms with Crippen LogP contribution in [0.15, 0.2) is 18.6 Å². The second-order valence-electron chi connectivity index (χ2n) is 4.72. The Morgan fingerprint density at radius 2 is 2.00 bits per heavy atom. The molecule has 0 spiro atoms. The normalized spacial score (nSPS) is 15.5. The van der Waals surface area contributed by atoms with Crippen molar-refractivity contribution in [2.75, 3.05) is 19.7 Å². The first-order chi connectivity index (χ1) is 10.1. The summed E-state index contributed by atoms with van der Waals surface area (Å²) in [4.78, 5) is 43.7. The van der Waals surface area contributed by atoms with Gasteiger partial charge in [0.1, 0.15) is 0 Å². The molecule has 2 rings (SSSR count). The zero-order valence-corrected chi connectivity index (χ0v) is 11.4. The topological polar surface area (TPSA) is 115 Å². The molecule has 0 radical (unpaired) electrons. The molecule has 2 amide bonds. The number of esters is 1. The lowest BCUT2D eigenvalue weighted by atomic mass is 9.96. The van der Waals surface area contributed by atoms with Gasteiger partial charge in [0.05, 0.1) is 6.20 Å². The third-order valence-electron chi connectivity index (χ3n) is 3.35. The second kappa shape index (κ2) is 6.78. The molecular formula is C13H16N4O4. The van der Waals surface area contributed by atoms with Crippen LogP contribution >= 0.6 is 0 Å². The predicted molar refractivity (Wildman–Crippen MR) is 70.8 cm³/mol. The van der Waals surface area contributed by atoms with E-state index < -0.39 is 5.97 Å². The second-order valence-corrected chi connectivity index (χ2v) is 4.72. The molecular weight excluding hydrogens is 276 g/mol. The Hall–Kier alpha value is -2.51. The molecule has 0 unspecified atom stereocenters. The van der Waals surface area contributed by atoms with E-state index in [4.69, 9.17) is 10.5 Å². The highest BCUT2D eigenvalue weighted by Crippen LogP contribution is 2.16. The van der Waals surface area contributed by atoms with Crippen molar-refractivity contribution in [1.29, 1.82) is 0 Å². The van der Waals surface area contributed by atoms with E-state index in [0.29, 0.717) is 25.9 Å². The molecule has 2 heterocycles. The first-order valence-electron chi connectivity index (χ1n) is 6.58. The highest BCUT2D eigenvalue weighted by Gasteiger charge is 2.26. The van der Waals surface area contributed by atoms with Gasteiger partial charge >= 0.3 is 5.97 Å². The van der Waals surface area contributed by atoms with Crippen molar-refractivity contribution in [3.63, 3.8) is 0 Å². The Kier molecular flexibility index (Phi) is 4.81. The summed E-state index contributed by atoms with van der Waals surface area (Å²) in [6.45, 7) is 0.529. The monoisotopic (exact) mass is 292 g/mol. The molecule has 0 atom stereocenters. The number of nitrogens with zero attached hydrogens (tertiary/aromatic N) is 3. The Balaban J connectivity index is 1.78. The first-order valence-corrected chi connectivity index (χ1v) is 6.58. The minimum Gasteiger partial charge on any atom is -0.451 e. The summed E-state index contributed by atoms with van der Waals surface area (Å²) >= 11 is 0. The zero-order chi connectivity index (χ0) is 15.2. The van der Waals surface area contributed by atoms with Gasteiger partial charge < -0.3 is 15.4 Å². The average molecular weight is 292 g/mol. The third-order valence-corrected chi connectivity index (χ3v) is 3.35. The quantitative estimate of drug-likeness (QED) is 0.738. The summed E-state index contributed by atoms with van der Waals surface area (Å²) < 4.78 is 4.89. The standard InChI is InChI=1S/C13H16N4O4/c14-12(19)9-1-5-17(6-2-9)11(18)8-21-13(20)10-7-15-3-4-16-10/h3-4,7,9H,1-2,5-6,8H2,(H2,14,19). The first kappa shape index (κ1) is 14.9. The van der Waals surface area contributed by atoms with E-state index in [9.17, 15) is 14.4 Å². The van der Waals surface area contributed by atoms with E-state index in [1.165, 1.54) is 18.6 Å². The van der Waals surface area contributed by atoms with Crippen molar-refractivity contribution < 1.29 is 19.1 Å². The third kappa shape index (κ3) is 3.98. The number of primary amides is 1. The minimum atomic E-state index is -0.691. The number of carbonyl (C=O) groups excluding carboxylic acids is 3. The molecule has 2 N–H and O–H groups in total. The van der Waals surface area contributed by atoms with Crippen molar-refractivity contribution in [1.82, 2.24) is 14.9 Å². The fourth-order valence-corrected chi connectivity index (χ4v) is 2.11. The van der Waals surface area contributed by atoms with Crippen LogP contribution in [-0.2, 0) is 14.3 Å². The molecule has 1 aliphatic rings. The number of rotatable bonds is 4. The maximum atomic E-state index is 11.9. The number of amides is 2. The highest BCUT2D eigenvalue weighted by molar-refractivity contribution is 5.89. The van der Waals surface area contributed by atoms with Crippen LogP contribution in [0.1, 0.15) is 23.3 Å². The molecule has 8 nitrogen and oxygen atoms in total. The number of ether oxygens (including phenoxy) is 1. The smallest absolute Gasteiger partial charge is 0.359 e. The number of nitrogens with two attached hydrogens (primary N) is 1. The maximum Gasteiger partial charge on any atom is 0.359 e. The van der Waals surface area contributed by atoms with E-state index in [-0.39, 0.29) is 30.0 Å². The molecule has 1 fully saturated rings. The number of hydrogen-bond donors (Lipinski definition) is 1. The van der Waals surface area contributed by atoms with Crippen molar-refractivity contribution in [3.8, 4) is 0 Å². The Labute approximate surface area is 121 Å². The van der Waals surface area contributed by atoms with Crippen molar-refractivity contribution in [2.45, 2.75) is 12.8 Å². The average Bonchev–Trinajstić information content (AvgIpc) is 2.53. The maximum absolute atomic E-state index is 11.9. The van der Waals surface area contributed by atoms with Crippen LogP contribution in [0.4, 0.5) is 0 Å². The minimum absolute atomic E-state index is 0.0535. The van der Waals surface area contributed by atoms with Crippen molar-refractivity contribution in [2.24, 2.45) is 11.7 Å². The summed E-state index contributed by atoms with van der Waals surface area (Å²) in [6, 6.07) is 0. The van der Waals surface area contributed by atoms with Crippen LogP contribution in [0, 0.1) is 5.92 Å². The fourth-order valence-electron chi connectivity index (χ4n) is 2.11. The molecule has 1 aromatic rings. The number of aromatic nitrogens is 2. The Morgan fingerprint density at radius 1 is 1.29 bits per heavy atom. The summed E-state index contributed by atoms with van der Waals surface area (Å²) in [5, 5.41) is 0. The molecule has 112 valence electrons. The molecule has 8 heteroatoms. The van der Waals surface area contributed by atoms with Crippen LogP contribution in [-0.4, -0.2) is 52.3 Å². The lowest BCUT2D eigenvalue weighted by molar-refractivity contribution is -0.137. The fraction of sp³-hybridized carbons (Fsp3) is 0.462. The molecule has 0 saturated carbocycles.